The SMILES string of the molecule is Cc1c(CNC2CCN(S(C)(=O)=O)CC2)cnn1C. The number of hydrogen-bond acceptors (Lipinski definition) is 4. The molecule has 0 aliphatic carbocycles. The fourth-order valence-electron chi connectivity index (χ4n) is 2.36. The summed E-state index contributed by atoms with van der Waals surface area (Å²) >= 11 is 0. The first-order chi connectivity index (χ1) is 8.88. The second-order valence-corrected chi connectivity index (χ2v) is 7.18. The van der Waals surface area contributed by atoms with Crippen molar-refractivity contribution in [2.45, 2.75) is 32.4 Å². The molecule has 0 radical (unpaired) electrons. The molecule has 1 aromatic heterocycles. The Balaban J connectivity index is 1.82. The predicted octanol–water partition coefficient (Wildman–Crippen LogP) is 0.242. The standard InChI is InChI=1S/C12H22N4O2S/c1-10-11(9-14-15(10)2)8-13-12-4-6-16(7-5-12)19(3,17)18/h9,12-13H,4-8H2,1-3H3. The van der Waals surface area contributed by atoms with Gasteiger partial charge in [-0.2, -0.15) is 5.10 Å². The van der Waals surface area contributed by atoms with Crippen LogP contribution in [0.25, 0.3) is 0 Å². The van der Waals surface area contributed by atoms with E-state index in [4.69, 9.17) is 0 Å². The van der Waals surface area contributed by atoms with Crippen LogP contribution in [0.5, 0.6) is 0 Å². The van der Waals surface area contributed by atoms with Crippen LogP contribution in [-0.2, 0) is 23.6 Å². The van der Waals surface area contributed by atoms with Crippen molar-refractivity contribution in [1.82, 2.24) is 19.4 Å². The maximum Gasteiger partial charge on any atom is 0.211 e. The lowest BCUT2D eigenvalue weighted by Gasteiger charge is -2.30. The van der Waals surface area contributed by atoms with Crippen LogP contribution in [0.3, 0.4) is 0 Å². The summed E-state index contributed by atoms with van der Waals surface area (Å²) in [7, 11) is -1.09. The summed E-state index contributed by atoms with van der Waals surface area (Å²) in [5.74, 6) is 0. The maximum atomic E-state index is 11.4. The molecule has 19 heavy (non-hydrogen) atoms. The summed E-state index contributed by atoms with van der Waals surface area (Å²) < 4.78 is 26.2. The van der Waals surface area contributed by atoms with Crippen molar-refractivity contribution < 1.29 is 8.42 Å². The van der Waals surface area contributed by atoms with Gasteiger partial charge in [-0.1, -0.05) is 0 Å². The van der Waals surface area contributed by atoms with Gasteiger partial charge in [-0.15, -0.1) is 0 Å². The molecule has 108 valence electrons. The van der Waals surface area contributed by atoms with Gasteiger partial charge in [-0.25, -0.2) is 12.7 Å². The highest BCUT2D eigenvalue weighted by molar-refractivity contribution is 7.88. The van der Waals surface area contributed by atoms with E-state index in [2.05, 4.69) is 17.3 Å². The normalized spacial score (nSPS) is 18.9. The van der Waals surface area contributed by atoms with E-state index in [-0.39, 0.29) is 0 Å². The summed E-state index contributed by atoms with van der Waals surface area (Å²) in [6.45, 7) is 4.07. The Labute approximate surface area is 114 Å². The highest BCUT2D eigenvalue weighted by Gasteiger charge is 2.24. The van der Waals surface area contributed by atoms with Crippen LogP contribution in [0.15, 0.2) is 6.20 Å². The van der Waals surface area contributed by atoms with Crippen molar-refractivity contribution in [3.8, 4) is 0 Å². The molecule has 0 amide bonds. The van der Waals surface area contributed by atoms with E-state index in [1.165, 1.54) is 17.5 Å². The summed E-state index contributed by atoms with van der Waals surface area (Å²) in [6, 6.07) is 0.387. The van der Waals surface area contributed by atoms with Crippen molar-refractivity contribution in [2.24, 2.45) is 7.05 Å². The molecule has 2 rings (SSSR count). The van der Waals surface area contributed by atoms with Crippen LogP contribution in [0, 0.1) is 6.92 Å². The van der Waals surface area contributed by atoms with Gasteiger partial charge in [-0.3, -0.25) is 4.68 Å². The second-order valence-electron chi connectivity index (χ2n) is 5.20. The van der Waals surface area contributed by atoms with Crippen LogP contribution < -0.4 is 5.32 Å². The van der Waals surface area contributed by atoms with E-state index >= 15 is 0 Å². The quantitative estimate of drug-likeness (QED) is 0.861. The number of aromatic nitrogens is 2. The highest BCUT2D eigenvalue weighted by Crippen LogP contribution is 2.14. The minimum Gasteiger partial charge on any atom is -0.310 e. The largest absolute Gasteiger partial charge is 0.310 e. The van der Waals surface area contributed by atoms with Crippen LogP contribution >= 0.6 is 0 Å². The molecule has 1 aliphatic rings. The van der Waals surface area contributed by atoms with Gasteiger partial charge in [0.05, 0.1) is 12.5 Å². The highest BCUT2D eigenvalue weighted by atomic mass is 32.2. The Morgan fingerprint density at radius 3 is 2.53 bits per heavy atom. The Morgan fingerprint density at radius 2 is 2.05 bits per heavy atom. The fourth-order valence-corrected chi connectivity index (χ4v) is 3.24. The summed E-state index contributed by atoms with van der Waals surface area (Å²) in [4.78, 5) is 0. The van der Waals surface area contributed by atoms with E-state index in [1.807, 2.05) is 17.9 Å². The molecule has 0 atom stereocenters. The molecule has 0 spiro atoms. The minimum atomic E-state index is -3.03. The van der Waals surface area contributed by atoms with Crippen LogP contribution in [0.4, 0.5) is 0 Å². The predicted molar refractivity (Wildman–Crippen MR) is 74.2 cm³/mol. The monoisotopic (exact) mass is 286 g/mol. The molecule has 0 aromatic carbocycles. The lowest BCUT2D eigenvalue weighted by molar-refractivity contribution is 0.290. The summed E-state index contributed by atoms with van der Waals surface area (Å²) in [6.07, 6.45) is 4.90. The first kappa shape index (κ1) is 14.5. The maximum absolute atomic E-state index is 11.4. The molecule has 6 nitrogen and oxygen atoms in total. The third-order valence-corrected chi connectivity index (χ3v) is 5.14. The van der Waals surface area contributed by atoms with E-state index in [1.54, 1.807) is 4.31 Å². The number of nitrogens with one attached hydrogen (secondary N) is 1. The lowest BCUT2D eigenvalue weighted by Crippen LogP contribution is -2.44. The van der Waals surface area contributed by atoms with Gasteiger partial charge in [0.1, 0.15) is 0 Å². The fraction of sp³-hybridized carbons (Fsp3) is 0.750. The van der Waals surface area contributed by atoms with Crippen molar-refractivity contribution in [1.29, 1.82) is 0 Å². The molecule has 1 fully saturated rings. The third kappa shape index (κ3) is 3.55. The van der Waals surface area contributed by atoms with Gasteiger partial charge < -0.3 is 5.32 Å². The number of aryl methyl sites for hydroxylation is 1. The minimum absolute atomic E-state index is 0.387. The number of sulfonamides is 1. The van der Waals surface area contributed by atoms with Crippen LogP contribution in [-0.4, -0.2) is 47.9 Å². The molecular formula is C12H22N4O2S. The van der Waals surface area contributed by atoms with Gasteiger partial charge in [0.25, 0.3) is 0 Å². The summed E-state index contributed by atoms with van der Waals surface area (Å²) in [5.41, 5.74) is 2.37. The zero-order valence-corrected chi connectivity index (χ0v) is 12.6. The zero-order chi connectivity index (χ0) is 14.0. The topological polar surface area (TPSA) is 67.2 Å². The number of rotatable bonds is 4. The van der Waals surface area contributed by atoms with E-state index in [0.29, 0.717) is 19.1 Å². The molecule has 0 bridgehead atoms. The third-order valence-electron chi connectivity index (χ3n) is 3.84. The molecule has 1 saturated heterocycles. The van der Waals surface area contributed by atoms with Crippen molar-refractivity contribution in [3.63, 3.8) is 0 Å². The molecule has 0 saturated carbocycles. The Bertz CT molecular complexity index is 530. The average Bonchev–Trinajstić information content (AvgIpc) is 2.67. The van der Waals surface area contributed by atoms with Crippen molar-refractivity contribution in [3.05, 3.63) is 17.5 Å². The first-order valence-corrected chi connectivity index (χ1v) is 8.38. The lowest BCUT2D eigenvalue weighted by atomic mass is 10.1. The molecule has 7 heteroatoms. The Morgan fingerprint density at radius 1 is 1.42 bits per heavy atom. The molecular weight excluding hydrogens is 264 g/mol. The zero-order valence-electron chi connectivity index (χ0n) is 11.8. The van der Waals surface area contributed by atoms with Crippen molar-refractivity contribution in [2.75, 3.05) is 19.3 Å². The molecule has 2 heterocycles. The van der Waals surface area contributed by atoms with Crippen molar-refractivity contribution >= 4 is 10.0 Å². The number of nitrogens with zero attached hydrogens (tertiary/aromatic N) is 3. The van der Waals surface area contributed by atoms with E-state index < -0.39 is 10.0 Å². The van der Waals surface area contributed by atoms with E-state index in [9.17, 15) is 8.42 Å². The van der Waals surface area contributed by atoms with Gasteiger partial charge in [0.2, 0.25) is 10.0 Å². The van der Waals surface area contributed by atoms with Crippen LogP contribution in [0.1, 0.15) is 24.1 Å². The smallest absolute Gasteiger partial charge is 0.211 e. The Kier molecular flexibility index (Phi) is 4.27. The second kappa shape index (κ2) is 5.60. The van der Waals surface area contributed by atoms with E-state index in [0.717, 1.165) is 19.4 Å². The molecule has 1 N–H and O–H groups in total. The van der Waals surface area contributed by atoms with Gasteiger partial charge >= 0.3 is 0 Å². The van der Waals surface area contributed by atoms with Crippen LogP contribution in [0.2, 0.25) is 0 Å². The summed E-state index contributed by atoms with van der Waals surface area (Å²) in [5, 5.41) is 7.70. The Hall–Kier alpha value is -0.920. The number of hydrogen-bond donors (Lipinski definition) is 1. The molecule has 0 unspecified atom stereocenters. The van der Waals surface area contributed by atoms with Gasteiger partial charge in [0.15, 0.2) is 0 Å². The average molecular weight is 286 g/mol. The molecule has 1 aromatic rings. The van der Waals surface area contributed by atoms with Gasteiger partial charge in [0, 0.05) is 44.0 Å². The first-order valence-electron chi connectivity index (χ1n) is 6.54. The van der Waals surface area contributed by atoms with Gasteiger partial charge in [-0.05, 0) is 19.8 Å². The molecule has 1 aliphatic heterocycles. The number of piperidine rings is 1.